The van der Waals surface area contributed by atoms with Gasteiger partial charge in [-0.2, -0.15) is 0 Å². The second-order valence-electron chi connectivity index (χ2n) is 3.43. The average molecular weight is 189 g/mol. The molecule has 74 valence electrons. The van der Waals surface area contributed by atoms with Gasteiger partial charge >= 0.3 is 0 Å². The molecule has 1 aromatic carbocycles. The molecule has 0 aliphatic carbocycles. The third-order valence-electron chi connectivity index (χ3n) is 2.34. The Labute approximate surface area is 84.7 Å². The first-order chi connectivity index (χ1) is 6.84. The quantitative estimate of drug-likeness (QED) is 0.398. The lowest BCUT2D eigenvalue weighted by Gasteiger charge is -2.09. The Balaban J connectivity index is 2.35. The molecule has 2 nitrogen and oxygen atoms in total. The Hall–Kier alpha value is -1.40. The van der Waals surface area contributed by atoms with Crippen molar-refractivity contribution in [2.24, 2.45) is 4.99 Å². The summed E-state index contributed by atoms with van der Waals surface area (Å²) in [7, 11) is 0. The predicted molar refractivity (Wildman–Crippen MR) is 57.1 cm³/mol. The molecule has 1 rings (SSSR count). The van der Waals surface area contributed by atoms with Crippen molar-refractivity contribution in [2.75, 3.05) is 6.54 Å². The predicted octanol–water partition coefficient (Wildman–Crippen LogP) is 2.91. The third-order valence-corrected chi connectivity index (χ3v) is 2.34. The van der Waals surface area contributed by atoms with E-state index >= 15 is 0 Å². The van der Waals surface area contributed by atoms with Crippen LogP contribution in [0.1, 0.15) is 31.2 Å². The topological polar surface area (TPSA) is 29.4 Å². The van der Waals surface area contributed by atoms with Crippen molar-refractivity contribution in [1.29, 1.82) is 0 Å². The van der Waals surface area contributed by atoms with Gasteiger partial charge in [0.2, 0.25) is 6.08 Å². The van der Waals surface area contributed by atoms with E-state index in [2.05, 4.69) is 36.2 Å². The van der Waals surface area contributed by atoms with Gasteiger partial charge in [0.05, 0.1) is 6.54 Å². The maximum Gasteiger partial charge on any atom is 0.234 e. The Kier molecular flexibility index (Phi) is 4.66. The molecule has 0 saturated carbocycles. The van der Waals surface area contributed by atoms with Crippen LogP contribution in [-0.2, 0) is 4.79 Å². The largest absolute Gasteiger partial charge is 0.234 e. The van der Waals surface area contributed by atoms with E-state index in [1.54, 1.807) is 6.08 Å². The minimum atomic E-state index is 0.540. The number of hydrogen-bond donors (Lipinski definition) is 0. The standard InChI is InChI=1S/C12H15NO/c1-11(6-5-9-13-10-14)12-7-3-2-4-8-12/h2-4,7-8,11H,5-6,9H2,1H3. The Morgan fingerprint density at radius 1 is 1.36 bits per heavy atom. The van der Waals surface area contributed by atoms with Crippen LogP contribution in [0.15, 0.2) is 35.3 Å². The van der Waals surface area contributed by atoms with Crippen LogP contribution in [0.4, 0.5) is 0 Å². The summed E-state index contributed by atoms with van der Waals surface area (Å²) in [5.41, 5.74) is 1.35. The summed E-state index contributed by atoms with van der Waals surface area (Å²) in [6.45, 7) is 2.79. The number of nitrogens with zero attached hydrogens (tertiary/aromatic N) is 1. The highest BCUT2D eigenvalue weighted by Gasteiger charge is 2.03. The molecular formula is C12H15NO. The van der Waals surface area contributed by atoms with Crippen LogP contribution >= 0.6 is 0 Å². The zero-order chi connectivity index (χ0) is 10.2. The van der Waals surface area contributed by atoms with Crippen molar-refractivity contribution in [3.63, 3.8) is 0 Å². The smallest absolute Gasteiger partial charge is 0.211 e. The van der Waals surface area contributed by atoms with Gasteiger partial charge in [0, 0.05) is 0 Å². The molecule has 0 radical (unpaired) electrons. The molecule has 0 amide bonds. The summed E-state index contributed by atoms with van der Waals surface area (Å²) in [4.78, 5) is 13.4. The zero-order valence-corrected chi connectivity index (χ0v) is 8.44. The molecule has 1 atom stereocenters. The number of carbonyl (C=O) groups excluding carboxylic acids is 1. The molecule has 0 bridgehead atoms. The Morgan fingerprint density at radius 2 is 2.07 bits per heavy atom. The summed E-state index contributed by atoms with van der Waals surface area (Å²) >= 11 is 0. The van der Waals surface area contributed by atoms with Crippen molar-refractivity contribution in [3.05, 3.63) is 35.9 Å². The van der Waals surface area contributed by atoms with E-state index in [1.807, 2.05) is 6.07 Å². The lowest BCUT2D eigenvalue weighted by molar-refractivity contribution is 0.560. The van der Waals surface area contributed by atoms with Gasteiger partial charge in [-0.15, -0.1) is 0 Å². The number of benzene rings is 1. The second kappa shape index (κ2) is 6.11. The van der Waals surface area contributed by atoms with Gasteiger partial charge in [0.15, 0.2) is 0 Å². The molecule has 0 fully saturated rings. The highest BCUT2D eigenvalue weighted by molar-refractivity contribution is 5.32. The Morgan fingerprint density at radius 3 is 2.71 bits per heavy atom. The van der Waals surface area contributed by atoms with Crippen molar-refractivity contribution >= 4 is 6.08 Å². The van der Waals surface area contributed by atoms with Gasteiger partial charge in [0.25, 0.3) is 0 Å². The Bertz CT molecular complexity index is 301. The van der Waals surface area contributed by atoms with E-state index in [4.69, 9.17) is 0 Å². The molecule has 1 aromatic rings. The zero-order valence-electron chi connectivity index (χ0n) is 8.44. The normalized spacial score (nSPS) is 11.8. The van der Waals surface area contributed by atoms with Crippen LogP contribution < -0.4 is 0 Å². The van der Waals surface area contributed by atoms with Crippen LogP contribution in [0.3, 0.4) is 0 Å². The molecule has 0 aliphatic rings. The fourth-order valence-corrected chi connectivity index (χ4v) is 1.47. The maximum atomic E-state index is 9.83. The van der Waals surface area contributed by atoms with E-state index in [0.717, 1.165) is 12.8 Å². The first-order valence-corrected chi connectivity index (χ1v) is 4.93. The molecule has 0 spiro atoms. The summed E-state index contributed by atoms with van der Waals surface area (Å²) in [5, 5.41) is 0. The summed E-state index contributed by atoms with van der Waals surface area (Å²) in [5.74, 6) is 0.540. The number of aliphatic imine (C=N–C) groups is 1. The minimum absolute atomic E-state index is 0.540. The summed E-state index contributed by atoms with van der Waals surface area (Å²) in [6.07, 6.45) is 3.57. The van der Waals surface area contributed by atoms with E-state index in [-0.39, 0.29) is 0 Å². The van der Waals surface area contributed by atoms with Crippen LogP contribution in [-0.4, -0.2) is 12.6 Å². The van der Waals surface area contributed by atoms with Gasteiger partial charge in [0.1, 0.15) is 0 Å². The lowest BCUT2D eigenvalue weighted by Crippen LogP contribution is -1.94. The average Bonchev–Trinajstić information content (AvgIpc) is 2.25. The van der Waals surface area contributed by atoms with E-state index in [0.29, 0.717) is 12.5 Å². The van der Waals surface area contributed by atoms with Crippen molar-refractivity contribution in [3.8, 4) is 0 Å². The number of isocyanates is 1. The van der Waals surface area contributed by atoms with E-state index < -0.39 is 0 Å². The monoisotopic (exact) mass is 189 g/mol. The number of rotatable bonds is 5. The molecular weight excluding hydrogens is 174 g/mol. The molecule has 14 heavy (non-hydrogen) atoms. The molecule has 0 aliphatic heterocycles. The van der Waals surface area contributed by atoms with E-state index in [1.165, 1.54) is 5.56 Å². The summed E-state index contributed by atoms with van der Waals surface area (Å²) < 4.78 is 0. The molecule has 0 aromatic heterocycles. The minimum Gasteiger partial charge on any atom is -0.211 e. The van der Waals surface area contributed by atoms with E-state index in [9.17, 15) is 4.79 Å². The molecule has 0 heterocycles. The number of hydrogen-bond acceptors (Lipinski definition) is 2. The maximum absolute atomic E-state index is 9.83. The fraction of sp³-hybridized carbons (Fsp3) is 0.417. The van der Waals surface area contributed by atoms with Gasteiger partial charge in [-0.25, -0.2) is 9.79 Å². The van der Waals surface area contributed by atoms with Crippen LogP contribution in [0, 0.1) is 0 Å². The fourth-order valence-electron chi connectivity index (χ4n) is 1.47. The molecule has 2 heteroatoms. The molecule has 0 saturated heterocycles. The van der Waals surface area contributed by atoms with Crippen LogP contribution in [0.25, 0.3) is 0 Å². The van der Waals surface area contributed by atoms with Crippen molar-refractivity contribution in [1.82, 2.24) is 0 Å². The first kappa shape index (κ1) is 10.7. The van der Waals surface area contributed by atoms with Gasteiger partial charge in [-0.05, 0) is 24.3 Å². The van der Waals surface area contributed by atoms with Crippen molar-refractivity contribution in [2.45, 2.75) is 25.7 Å². The first-order valence-electron chi connectivity index (χ1n) is 4.93. The highest BCUT2D eigenvalue weighted by atomic mass is 16.1. The van der Waals surface area contributed by atoms with Crippen LogP contribution in [0.5, 0.6) is 0 Å². The second-order valence-corrected chi connectivity index (χ2v) is 3.43. The van der Waals surface area contributed by atoms with Gasteiger partial charge < -0.3 is 0 Å². The lowest BCUT2D eigenvalue weighted by atomic mass is 9.96. The highest BCUT2D eigenvalue weighted by Crippen LogP contribution is 2.19. The van der Waals surface area contributed by atoms with Gasteiger partial charge in [-0.3, -0.25) is 0 Å². The van der Waals surface area contributed by atoms with Gasteiger partial charge in [-0.1, -0.05) is 37.3 Å². The molecule has 1 unspecified atom stereocenters. The molecule has 0 N–H and O–H groups in total. The third kappa shape index (κ3) is 3.55. The van der Waals surface area contributed by atoms with Crippen LogP contribution in [0.2, 0.25) is 0 Å². The van der Waals surface area contributed by atoms with Crippen molar-refractivity contribution < 1.29 is 4.79 Å². The summed E-state index contributed by atoms with van der Waals surface area (Å²) in [6, 6.07) is 10.4. The SMILES string of the molecule is CC(CCCN=C=O)c1ccccc1.